The molecule has 0 saturated heterocycles. The quantitative estimate of drug-likeness (QED) is 0.528. The fourth-order valence-electron chi connectivity index (χ4n) is 2.96. The minimum absolute atomic E-state index is 0.247. The third-order valence-electron chi connectivity index (χ3n) is 4.33. The standard InChI is InChI=1S/C22H29N3O5/c1-13(30-22(2,3)4)19(21(27)29-6)25-20(26)16-9-7-14(11-17(16)23)15-8-10-18(28-5)24-12-15/h7-13,19H,23H2,1-6H3,(H,25,26)/t13-,19+/m1/s1. The lowest BCUT2D eigenvalue weighted by molar-refractivity contribution is -0.150. The number of benzene rings is 1. The van der Waals surface area contributed by atoms with Gasteiger partial charge in [-0.1, -0.05) is 6.07 Å². The molecule has 2 atom stereocenters. The van der Waals surface area contributed by atoms with E-state index in [1.165, 1.54) is 7.11 Å². The van der Waals surface area contributed by atoms with Crippen LogP contribution in [-0.4, -0.2) is 48.8 Å². The van der Waals surface area contributed by atoms with Crippen molar-refractivity contribution in [2.24, 2.45) is 0 Å². The van der Waals surface area contributed by atoms with Gasteiger partial charge in [0.1, 0.15) is 0 Å². The van der Waals surface area contributed by atoms with E-state index in [9.17, 15) is 9.59 Å². The van der Waals surface area contributed by atoms with E-state index in [0.717, 1.165) is 11.1 Å². The number of aromatic nitrogens is 1. The zero-order valence-electron chi connectivity index (χ0n) is 18.2. The van der Waals surface area contributed by atoms with Gasteiger partial charge in [-0.3, -0.25) is 4.79 Å². The van der Waals surface area contributed by atoms with Crippen molar-refractivity contribution in [3.8, 4) is 17.0 Å². The van der Waals surface area contributed by atoms with E-state index in [0.29, 0.717) is 5.88 Å². The fourth-order valence-corrected chi connectivity index (χ4v) is 2.96. The highest BCUT2D eigenvalue weighted by molar-refractivity contribution is 6.01. The highest BCUT2D eigenvalue weighted by Crippen LogP contribution is 2.25. The Morgan fingerprint density at radius 3 is 2.27 bits per heavy atom. The zero-order chi connectivity index (χ0) is 22.5. The maximum absolute atomic E-state index is 12.8. The van der Waals surface area contributed by atoms with Crippen molar-refractivity contribution in [2.75, 3.05) is 20.0 Å². The maximum atomic E-state index is 12.8. The number of ether oxygens (including phenoxy) is 3. The van der Waals surface area contributed by atoms with E-state index >= 15 is 0 Å². The number of rotatable bonds is 7. The Morgan fingerprint density at radius 2 is 1.77 bits per heavy atom. The number of pyridine rings is 1. The minimum atomic E-state index is -0.980. The molecule has 1 aromatic heterocycles. The number of amides is 1. The Bertz CT molecular complexity index is 891. The van der Waals surface area contributed by atoms with Crippen LogP contribution in [0, 0.1) is 0 Å². The SMILES string of the molecule is COC(=O)[C@@H](NC(=O)c1ccc(-c2ccc(OC)nc2)cc1N)[C@@H](C)OC(C)(C)C. The van der Waals surface area contributed by atoms with Gasteiger partial charge in [0.2, 0.25) is 5.88 Å². The lowest BCUT2D eigenvalue weighted by Gasteiger charge is -2.30. The molecule has 30 heavy (non-hydrogen) atoms. The van der Waals surface area contributed by atoms with E-state index < -0.39 is 29.6 Å². The summed E-state index contributed by atoms with van der Waals surface area (Å²) in [5, 5.41) is 2.67. The van der Waals surface area contributed by atoms with Crippen molar-refractivity contribution in [3.05, 3.63) is 42.1 Å². The van der Waals surface area contributed by atoms with Crippen LogP contribution >= 0.6 is 0 Å². The number of nitrogens with two attached hydrogens (primary N) is 1. The second-order valence-corrected chi connectivity index (χ2v) is 7.80. The summed E-state index contributed by atoms with van der Waals surface area (Å²) in [5.41, 5.74) is 7.77. The molecule has 0 bridgehead atoms. The number of nitrogen functional groups attached to an aromatic ring is 1. The Hall–Kier alpha value is -3.13. The Balaban J connectivity index is 2.22. The molecule has 162 valence electrons. The summed E-state index contributed by atoms with van der Waals surface area (Å²) >= 11 is 0. The van der Waals surface area contributed by atoms with E-state index in [1.807, 2.05) is 26.8 Å². The zero-order valence-corrected chi connectivity index (χ0v) is 18.2. The van der Waals surface area contributed by atoms with Gasteiger partial charge in [0, 0.05) is 23.5 Å². The van der Waals surface area contributed by atoms with Gasteiger partial charge in [0.15, 0.2) is 6.04 Å². The topological polar surface area (TPSA) is 113 Å². The second-order valence-electron chi connectivity index (χ2n) is 7.80. The molecule has 1 heterocycles. The van der Waals surface area contributed by atoms with Crippen LogP contribution in [0.5, 0.6) is 5.88 Å². The third-order valence-corrected chi connectivity index (χ3v) is 4.33. The Kier molecular flexibility index (Phi) is 7.39. The Labute approximate surface area is 176 Å². The highest BCUT2D eigenvalue weighted by Gasteiger charge is 2.32. The summed E-state index contributed by atoms with van der Waals surface area (Å²) in [6.07, 6.45) is 1.05. The predicted octanol–water partition coefficient (Wildman–Crippen LogP) is 2.81. The number of anilines is 1. The van der Waals surface area contributed by atoms with Crippen LogP contribution in [0.15, 0.2) is 36.5 Å². The number of carbonyl (C=O) groups excluding carboxylic acids is 2. The van der Waals surface area contributed by atoms with Crippen LogP contribution in [0.3, 0.4) is 0 Å². The molecular formula is C22H29N3O5. The molecule has 1 amide bonds. The van der Waals surface area contributed by atoms with Crippen LogP contribution < -0.4 is 15.8 Å². The van der Waals surface area contributed by atoms with Gasteiger partial charge < -0.3 is 25.3 Å². The molecule has 0 aliphatic rings. The van der Waals surface area contributed by atoms with Gasteiger partial charge in [-0.15, -0.1) is 0 Å². The van der Waals surface area contributed by atoms with Gasteiger partial charge in [0.25, 0.3) is 5.91 Å². The number of nitrogens with one attached hydrogen (secondary N) is 1. The van der Waals surface area contributed by atoms with Crippen LogP contribution in [-0.2, 0) is 14.3 Å². The lowest BCUT2D eigenvalue weighted by Crippen LogP contribution is -2.51. The summed E-state index contributed by atoms with van der Waals surface area (Å²) in [4.78, 5) is 29.2. The monoisotopic (exact) mass is 415 g/mol. The molecule has 0 unspecified atom stereocenters. The maximum Gasteiger partial charge on any atom is 0.331 e. The van der Waals surface area contributed by atoms with Crippen molar-refractivity contribution in [3.63, 3.8) is 0 Å². The molecule has 8 nitrogen and oxygen atoms in total. The first-order valence-corrected chi connectivity index (χ1v) is 9.52. The lowest BCUT2D eigenvalue weighted by atomic mass is 10.0. The van der Waals surface area contributed by atoms with Gasteiger partial charge in [-0.2, -0.15) is 0 Å². The largest absolute Gasteiger partial charge is 0.481 e. The van der Waals surface area contributed by atoms with Gasteiger partial charge in [0.05, 0.1) is 31.5 Å². The number of esters is 1. The second kappa shape index (κ2) is 9.58. The smallest absolute Gasteiger partial charge is 0.331 e. The molecule has 0 aliphatic heterocycles. The first-order valence-electron chi connectivity index (χ1n) is 9.52. The number of carbonyl (C=O) groups is 2. The first-order chi connectivity index (χ1) is 14.1. The van der Waals surface area contributed by atoms with Gasteiger partial charge >= 0.3 is 5.97 Å². The van der Waals surface area contributed by atoms with E-state index in [-0.39, 0.29) is 11.3 Å². The molecule has 2 rings (SSSR count). The molecule has 0 aliphatic carbocycles. The molecule has 0 radical (unpaired) electrons. The van der Waals surface area contributed by atoms with Gasteiger partial charge in [-0.25, -0.2) is 9.78 Å². The van der Waals surface area contributed by atoms with Crippen molar-refractivity contribution in [1.82, 2.24) is 10.3 Å². The summed E-state index contributed by atoms with van der Waals surface area (Å²) in [6.45, 7) is 7.30. The molecule has 0 saturated carbocycles. The van der Waals surface area contributed by atoms with Crippen LogP contribution in [0.1, 0.15) is 38.1 Å². The van der Waals surface area contributed by atoms with Crippen molar-refractivity contribution >= 4 is 17.6 Å². The average molecular weight is 415 g/mol. The highest BCUT2D eigenvalue weighted by atomic mass is 16.5. The summed E-state index contributed by atoms with van der Waals surface area (Å²) in [5.74, 6) is -0.588. The molecule has 0 spiro atoms. The fraction of sp³-hybridized carbons (Fsp3) is 0.409. The number of methoxy groups -OCH3 is 2. The summed E-state index contributed by atoms with van der Waals surface area (Å²) in [6, 6.07) is 7.65. The number of nitrogens with zero attached hydrogens (tertiary/aromatic N) is 1. The van der Waals surface area contributed by atoms with Crippen LogP contribution in [0.2, 0.25) is 0 Å². The Morgan fingerprint density at radius 1 is 1.10 bits per heavy atom. The van der Waals surface area contributed by atoms with Crippen LogP contribution in [0.4, 0.5) is 5.69 Å². The summed E-state index contributed by atoms with van der Waals surface area (Å²) in [7, 11) is 2.81. The van der Waals surface area contributed by atoms with E-state index in [2.05, 4.69) is 10.3 Å². The molecule has 1 aromatic carbocycles. The van der Waals surface area contributed by atoms with Crippen molar-refractivity contribution in [1.29, 1.82) is 0 Å². The van der Waals surface area contributed by atoms with E-state index in [4.69, 9.17) is 19.9 Å². The normalized spacial score (nSPS) is 13.3. The molecule has 0 fully saturated rings. The summed E-state index contributed by atoms with van der Waals surface area (Å²) < 4.78 is 15.7. The van der Waals surface area contributed by atoms with Crippen LogP contribution in [0.25, 0.3) is 11.1 Å². The third kappa shape index (κ3) is 5.93. The predicted molar refractivity (Wildman–Crippen MR) is 114 cm³/mol. The number of hydrogen-bond donors (Lipinski definition) is 2. The first kappa shape index (κ1) is 23.2. The van der Waals surface area contributed by atoms with E-state index in [1.54, 1.807) is 44.5 Å². The van der Waals surface area contributed by atoms with Crippen molar-refractivity contribution in [2.45, 2.75) is 45.4 Å². The molecule has 2 aromatic rings. The molecule has 3 N–H and O–H groups in total. The molecular weight excluding hydrogens is 386 g/mol. The minimum Gasteiger partial charge on any atom is -0.481 e. The average Bonchev–Trinajstić information content (AvgIpc) is 2.69. The van der Waals surface area contributed by atoms with Gasteiger partial charge in [-0.05, 0) is 51.5 Å². The van der Waals surface area contributed by atoms with Crippen molar-refractivity contribution < 1.29 is 23.8 Å². The number of hydrogen-bond acceptors (Lipinski definition) is 7. The molecule has 8 heteroatoms.